The number of alkyl carbamates (subject to hydrolysis) is 1. The van der Waals surface area contributed by atoms with Gasteiger partial charge in [0, 0.05) is 29.6 Å². The number of ether oxygens (including phenoxy) is 1. The number of carbonyl (C=O) groups excluding carboxylic acids is 2. The van der Waals surface area contributed by atoms with Crippen molar-refractivity contribution in [2.45, 2.75) is 109 Å². The van der Waals surface area contributed by atoms with Gasteiger partial charge in [-0.25, -0.2) is 9.59 Å². The van der Waals surface area contributed by atoms with Crippen LogP contribution in [0.2, 0.25) is 0 Å². The van der Waals surface area contributed by atoms with Crippen LogP contribution in [0.5, 0.6) is 0 Å². The summed E-state index contributed by atoms with van der Waals surface area (Å²) >= 11 is 0. The van der Waals surface area contributed by atoms with Crippen LogP contribution in [-0.4, -0.2) is 50.8 Å². The number of amides is 3. The van der Waals surface area contributed by atoms with Gasteiger partial charge in [0.25, 0.3) is 0 Å². The molecule has 1 aromatic heterocycles. The van der Waals surface area contributed by atoms with E-state index in [9.17, 15) is 19.5 Å². The Morgan fingerprint density at radius 2 is 1.64 bits per heavy atom. The minimum absolute atomic E-state index is 0.00606. The van der Waals surface area contributed by atoms with Crippen LogP contribution in [-0.2, 0) is 15.1 Å². The van der Waals surface area contributed by atoms with Crippen molar-refractivity contribution in [1.29, 1.82) is 0 Å². The molecule has 2 aliphatic carbocycles. The summed E-state index contributed by atoms with van der Waals surface area (Å²) < 4.78 is 5.55. The molecule has 9 heteroatoms. The van der Waals surface area contributed by atoms with E-state index < -0.39 is 23.3 Å². The Morgan fingerprint density at radius 3 is 2.19 bits per heavy atom. The Labute approximate surface area is 278 Å². The number of benzene rings is 2. The second-order valence-electron chi connectivity index (χ2n) is 14.3. The third-order valence-electron chi connectivity index (χ3n) is 9.38. The van der Waals surface area contributed by atoms with E-state index in [0.717, 1.165) is 72.9 Å². The molecule has 0 spiro atoms. The van der Waals surface area contributed by atoms with E-state index in [-0.39, 0.29) is 23.9 Å². The third kappa shape index (κ3) is 8.31. The molecular formula is C38H48N4O5. The average molecular weight is 641 g/mol. The number of hydrogen-bond acceptors (Lipinski definition) is 5. The van der Waals surface area contributed by atoms with Crippen LogP contribution in [0, 0.1) is 5.92 Å². The minimum Gasteiger partial charge on any atom is -0.465 e. The first-order chi connectivity index (χ1) is 22.3. The van der Waals surface area contributed by atoms with E-state index in [1.54, 1.807) is 11.1 Å². The molecule has 0 radical (unpaired) electrons. The number of carboxylic acid groups (broad SMARTS) is 1. The number of carbonyl (C=O) groups is 3. The maximum Gasteiger partial charge on any atom is 0.408 e. The zero-order valence-corrected chi connectivity index (χ0v) is 28.2. The lowest BCUT2D eigenvalue weighted by atomic mass is 9.71. The predicted octanol–water partition coefficient (Wildman–Crippen LogP) is 8.60. The van der Waals surface area contributed by atoms with Gasteiger partial charge >= 0.3 is 12.2 Å². The van der Waals surface area contributed by atoms with Crippen LogP contribution >= 0.6 is 0 Å². The molecule has 3 amide bonds. The summed E-state index contributed by atoms with van der Waals surface area (Å²) in [6.45, 7) is 9.39. The third-order valence-corrected chi connectivity index (χ3v) is 9.38. The summed E-state index contributed by atoms with van der Waals surface area (Å²) in [7, 11) is 0. The highest BCUT2D eigenvalue weighted by Gasteiger charge is 2.41. The lowest BCUT2D eigenvalue weighted by Crippen LogP contribution is -2.52. The van der Waals surface area contributed by atoms with E-state index in [1.807, 2.05) is 83.1 Å². The summed E-state index contributed by atoms with van der Waals surface area (Å²) in [6, 6.07) is 20.1. The van der Waals surface area contributed by atoms with E-state index >= 15 is 0 Å². The van der Waals surface area contributed by atoms with Crippen molar-refractivity contribution < 1.29 is 24.2 Å². The first kappa shape index (κ1) is 33.9. The Balaban J connectivity index is 1.29. The van der Waals surface area contributed by atoms with E-state index in [0.29, 0.717) is 12.1 Å². The Morgan fingerprint density at radius 1 is 0.979 bits per heavy atom. The highest BCUT2D eigenvalue weighted by Crippen LogP contribution is 2.42. The number of hydrogen-bond donors (Lipinski definition) is 3. The van der Waals surface area contributed by atoms with Crippen molar-refractivity contribution in [1.82, 2.24) is 15.2 Å². The average Bonchev–Trinajstić information content (AvgIpc) is 2.99. The summed E-state index contributed by atoms with van der Waals surface area (Å²) in [5.41, 5.74) is 4.30. The van der Waals surface area contributed by atoms with Crippen molar-refractivity contribution in [3.05, 3.63) is 72.4 Å². The molecule has 47 heavy (non-hydrogen) atoms. The van der Waals surface area contributed by atoms with Crippen molar-refractivity contribution >= 4 is 23.8 Å². The largest absolute Gasteiger partial charge is 0.465 e. The van der Waals surface area contributed by atoms with E-state index in [1.165, 1.54) is 0 Å². The number of aromatic nitrogens is 1. The molecule has 1 heterocycles. The zero-order valence-electron chi connectivity index (χ0n) is 28.2. The van der Waals surface area contributed by atoms with Crippen LogP contribution < -0.4 is 10.6 Å². The van der Waals surface area contributed by atoms with Gasteiger partial charge < -0.3 is 25.4 Å². The monoisotopic (exact) mass is 640 g/mol. The van der Waals surface area contributed by atoms with Gasteiger partial charge in [0.05, 0.1) is 23.1 Å². The Kier molecular flexibility index (Phi) is 10.2. The molecular weight excluding hydrogens is 592 g/mol. The van der Waals surface area contributed by atoms with Gasteiger partial charge in [-0.3, -0.25) is 9.78 Å². The molecule has 0 bridgehead atoms. The molecule has 5 rings (SSSR count). The maximum absolute atomic E-state index is 13.2. The Hall–Kier alpha value is -4.40. The van der Waals surface area contributed by atoms with Gasteiger partial charge in [-0.05, 0) is 103 Å². The summed E-state index contributed by atoms with van der Waals surface area (Å²) in [6.07, 6.45) is 6.75. The van der Waals surface area contributed by atoms with Gasteiger partial charge in [0.15, 0.2) is 0 Å². The molecule has 3 aromatic rings. The van der Waals surface area contributed by atoms with E-state index in [2.05, 4.69) is 22.8 Å². The van der Waals surface area contributed by atoms with Crippen LogP contribution in [0.4, 0.5) is 15.3 Å². The molecule has 0 saturated heterocycles. The fourth-order valence-corrected chi connectivity index (χ4v) is 6.96. The topological polar surface area (TPSA) is 121 Å². The van der Waals surface area contributed by atoms with E-state index in [4.69, 9.17) is 9.72 Å². The fourth-order valence-electron chi connectivity index (χ4n) is 6.96. The second kappa shape index (κ2) is 14.2. The van der Waals surface area contributed by atoms with Crippen molar-refractivity contribution in [3.8, 4) is 22.4 Å². The first-order valence-corrected chi connectivity index (χ1v) is 16.8. The van der Waals surface area contributed by atoms with Gasteiger partial charge in [-0.1, -0.05) is 54.6 Å². The smallest absolute Gasteiger partial charge is 0.408 e. The van der Waals surface area contributed by atoms with Crippen LogP contribution in [0.15, 0.2) is 66.9 Å². The zero-order chi connectivity index (χ0) is 33.8. The van der Waals surface area contributed by atoms with Gasteiger partial charge in [-0.2, -0.15) is 0 Å². The number of nitrogens with one attached hydrogen (secondary N) is 2. The molecule has 0 unspecified atom stereocenters. The fraction of sp³-hybridized carbons (Fsp3) is 0.474. The molecule has 0 aliphatic heterocycles. The molecule has 2 aromatic carbocycles. The number of pyridine rings is 1. The maximum atomic E-state index is 13.2. The summed E-state index contributed by atoms with van der Waals surface area (Å²) in [5, 5.41) is 15.8. The van der Waals surface area contributed by atoms with Gasteiger partial charge in [0.2, 0.25) is 5.91 Å². The molecule has 2 aliphatic rings. The lowest BCUT2D eigenvalue weighted by Gasteiger charge is -2.43. The predicted molar refractivity (Wildman–Crippen MR) is 184 cm³/mol. The summed E-state index contributed by atoms with van der Waals surface area (Å²) in [4.78, 5) is 43.9. The molecule has 9 nitrogen and oxygen atoms in total. The van der Waals surface area contributed by atoms with Crippen LogP contribution in [0.25, 0.3) is 22.4 Å². The highest BCUT2D eigenvalue weighted by molar-refractivity contribution is 5.93. The number of rotatable bonds is 9. The van der Waals surface area contributed by atoms with Crippen molar-refractivity contribution in [2.75, 3.05) is 5.32 Å². The normalized spacial score (nSPS) is 18.9. The molecule has 250 valence electrons. The van der Waals surface area contributed by atoms with Gasteiger partial charge in [0.1, 0.15) is 5.60 Å². The quantitative estimate of drug-likeness (QED) is 0.215. The summed E-state index contributed by atoms with van der Waals surface area (Å²) in [5.74, 6) is 0.158. The number of nitrogens with zero attached hydrogens (tertiary/aromatic N) is 2. The number of anilines is 1. The molecule has 0 atom stereocenters. The molecule has 2 fully saturated rings. The Bertz CT molecular complexity index is 1550. The molecule has 2 saturated carbocycles. The first-order valence-electron chi connectivity index (χ1n) is 16.8. The van der Waals surface area contributed by atoms with Crippen molar-refractivity contribution in [3.63, 3.8) is 0 Å². The minimum atomic E-state index is -0.875. The highest BCUT2D eigenvalue weighted by atomic mass is 16.6. The van der Waals surface area contributed by atoms with Crippen LogP contribution in [0.1, 0.15) is 91.5 Å². The van der Waals surface area contributed by atoms with Gasteiger partial charge in [-0.15, -0.1) is 0 Å². The van der Waals surface area contributed by atoms with Crippen molar-refractivity contribution in [2.24, 2.45) is 5.92 Å². The SMILES string of the molecule is CC(C)N(C(=O)O)C1CCC(CC(=O)Nc2cnc(-c3ccc(C4(NC(=O)OC(C)(C)C)CCC4)cc3)c(-c3ccccc3)c2)CC1. The second-order valence-corrected chi connectivity index (χ2v) is 14.3. The van der Waals surface area contributed by atoms with Crippen LogP contribution in [0.3, 0.4) is 0 Å². The lowest BCUT2D eigenvalue weighted by molar-refractivity contribution is -0.117. The molecule has 3 N–H and O–H groups in total. The standard InChI is InChI=1S/C38H48N4O5/c1-25(2)42(36(45)46)31-18-12-26(13-19-31)22-33(43)40-30-23-32(27-10-7-6-8-11-27)34(39-24-30)28-14-16-29(17-15-28)38(20-9-21-38)41-35(44)47-37(3,4)5/h6-8,10-11,14-17,23-26,31H,9,12-13,18-22H2,1-5H3,(H,40,43)(H,41,44)(H,45,46).